The van der Waals surface area contributed by atoms with Crippen molar-refractivity contribution in [3.8, 4) is 17.1 Å². The van der Waals surface area contributed by atoms with E-state index in [1.54, 1.807) is 24.4 Å². The predicted octanol–water partition coefficient (Wildman–Crippen LogP) is 2.11. The molecule has 0 aliphatic heterocycles. The molecule has 0 aliphatic rings. The van der Waals surface area contributed by atoms with Gasteiger partial charge in [-0.15, -0.1) is 0 Å². The summed E-state index contributed by atoms with van der Waals surface area (Å²) in [6, 6.07) is 6.93. The summed E-state index contributed by atoms with van der Waals surface area (Å²) in [6.45, 7) is 0. The quantitative estimate of drug-likeness (QED) is 0.580. The van der Waals surface area contributed by atoms with Crippen molar-refractivity contribution in [1.82, 2.24) is 10.1 Å². The summed E-state index contributed by atoms with van der Waals surface area (Å²) in [6.07, 6.45) is 1.75. The number of para-hydroxylation sites is 1. The van der Waals surface area contributed by atoms with Gasteiger partial charge in [-0.05, 0) is 6.07 Å². The molecule has 0 bridgehead atoms. The molecule has 3 aromatic rings. The van der Waals surface area contributed by atoms with Crippen molar-refractivity contribution < 1.29 is 9.63 Å². The molecule has 0 fully saturated rings. The number of nitrogen functional groups attached to an aromatic ring is 1. The number of H-pyrrole nitrogens is 1. The fraction of sp³-hybridized carbons (Fsp3) is 0. The van der Waals surface area contributed by atoms with Crippen molar-refractivity contribution >= 4 is 16.7 Å². The number of anilines is 1. The Morgan fingerprint density at radius 3 is 3.00 bits per heavy atom. The Hall–Kier alpha value is -2.43. The minimum atomic E-state index is 0.205. The summed E-state index contributed by atoms with van der Waals surface area (Å²) in [5, 5.41) is 14.1. The van der Waals surface area contributed by atoms with E-state index in [4.69, 9.17) is 10.3 Å². The van der Waals surface area contributed by atoms with Crippen molar-refractivity contribution in [2.75, 3.05) is 5.73 Å². The molecule has 16 heavy (non-hydrogen) atoms. The highest BCUT2D eigenvalue weighted by atomic mass is 16.5. The van der Waals surface area contributed by atoms with Crippen LogP contribution in [0, 0.1) is 0 Å². The van der Waals surface area contributed by atoms with Crippen LogP contribution < -0.4 is 5.73 Å². The summed E-state index contributed by atoms with van der Waals surface area (Å²) in [4.78, 5) is 2.99. The minimum absolute atomic E-state index is 0.205. The standard InChI is InChI=1S/C11H9N3O2/c12-10-4-9(16-14-10)7-5-13-11-6(7)2-1-3-8(11)15/h1-5,13,15H,(H2,12,14). The molecule has 0 atom stereocenters. The Kier molecular flexibility index (Phi) is 1.67. The van der Waals surface area contributed by atoms with Gasteiger partial charge >= 0.3 is 0 Å². The Morgan fingerprint density at radius 1 is 1.38 bits per heavy atom. The lowest BCUT2D eigenvalue weighted by molar-refractivity contribution is 0.436. The van der Waals surface area contributed by atoms with Crippen molar-refractivity contribution in [2.45, 2.75) is 0 Å². The molecule has 4 N–H and O–H groups in total. The third-order valence-corrected chi connectivity index (χ3v) is 2.49. The number of rotatable bonds is 1. The van der Waals surface area contributed by atoms with Crippen LogP contribution in [0.2, 0.25) is 0 Å². The average Bonchev–Trinajstić information content (AvgIpc) is 2.84. The van der Waals surface area contributed by atoms with Crippen LogP contribution >= 0.6 is 0 Å². The van der Waals surface area contributed by atoms with E-state index >= 15 is 0 Å². The first-order chi connectivity index (χ1) is 7.75. The highest BCUT2D eigenvalue weighted by Crippen LogP contribution is 2.33. The van der Waals surface area contributed by atoms with E-state index in [1.807, 2.05) is 6.07 Å². The summed E-state index contributed by atoms with van der Waals surface area (Å²) in [7, 11) is 0. The van der Waals surface area contributed by atoms with E-state index in [2.05, 4.69) is 10.1 Å². The van der Waals surface area contributed by atoms with Crippen molar-refractivity contribution in [3.63, 3.8) is 0 Å². The Morgan fingerprint density at radius 2 is 2.25 bits per heavy atom. The Bertz CT molecular complexity index is 654. The molecule has 5 heteroatoms. The SMILES string of the molecule is Nc1cc(-c2c[nH]c3c(O)cccc23)on1. The van der Waals surface area contributed by atoms with E-state index in [0.29, 0.717) is 17.1 Å². The number of nitrogens with zero attached hydrogens (tertiary/aromatic N) is 1. The molecule has 3 rings (SSSR count). The first-order valence-electron chi connectivity index (χ1n) is 4.77. The van der Waals surface area contributed by atoms with Crippen molar-refractivity contribution in [3.05, 3.63) is 30.5 Å². The number of phenolic OH excluding ortho intramolecular Hbond substituents is 1. The molecule has 0 amide bonds. The topological polar surface area (TPSA) is 88.1 Å². The van der Waals surface area contributed by atoms with Gasteiger partial charge in [-0.2, -0.15) is 0 Å². The number of benzene rings is 1. The van der Waals surface area contributed by atoms with Gasteiger partial charge in [0, 0.05) is 23.2 Å². The highest BCUT2D eigenvalue weighted by Gasteiger charge is 2.12. The molecule has 0 aliphatic carbocycles. The van der Waals surface area contributed by atoms with Gasteiger partial charge in [0.25, 0.3) is 0 Å². The van der Waals surface area contributed by atoms with Crippen LogP contribution in [-0.4, -0.2) is 15.2 Å². The Labute approximate surface area is 90.5 Å². The largest absolute Gasteiger partial charge is 0.506 e. The zero-order valence-electron chi connectivity index (χ0n) is 8.27. The number of hydrogen-bond donors (Lipinski definition) is 3. The maximum atomic E-state index is 9.63. The number of aromatic amines is 1. The van der Waals surface area contributed by atoms with Crippen LogP contribution in [0.3, 0.4) is 0 Å². The maximum absolute atomic E-state index is 9.63. The molecule has 0 spiro atoms. The summed E-state index contributed by atoms with van der Waals surface area (Å²) < 4.78 is 5.08. The normalized spacial score (nSPS) is 11.0. The molecule has 0 saturated heterocycles. The summed E-state index contributed by atoms with van der Waals surface area (Å²) >= 11 is 0. The third-order valence-electron chi connectivity index (χ3n) is 2.49. The smallest absolute Gasteiger partial charge is 0.171 e. The first kappa shape index (κ1) is 8.84. The predicted molar refractivity (Wildman–Crippen MR) is 59.9 cm³/mol. The maximum Gasteiger partial charge on any atom is 0.171 e. The molecule has 1 aromatic carbocycles. The van der Waals surface area contributed by atoms with Crippen LogP contribution in [-0.2, 0) is 0 Å². The van der Waals surface area contributed by atoms with Crippen molar-refractivity contribution in [1.29, 1.82) is 0 Å². The number of aromatic hydroxyl groups is 1. The molecule has 2 heterocycles. The fourth-order valence-electron chi connectivity index (χ4n) is 1.76. The van der Waals surface area contributed by atoms with Crippen LogP contribution in [0.15, 0.2) is 35.0 Å². The van der Waals surface area contributed by atoms with Gasteiger partial charge in [-0.1, -0.05) is 17.3 Å². The van der Waals surface area contributed by atoms with E-state index in [-0.39, 0.29) is 5.75 Å². The number of fused-ring (bicyclic) bond motifs is 1. The lowest BCUT2D eigenvalue weighted by Gasteiger charge is -1.95. The molecular formula is C11H9N3O2. The van der Waals surface area contributed by atoms with Crippen LogP contribution in [0.25, 0.3) is 22.2 Å². The Balaban J connectivity index is 2.29. The van der Waals surface area contributed by atoms with Gasteiger partial charge in [0.15, 0.2) is 11.6 Å². The number of nitrogens with two attached hydrogens (primary N) is 1. The van der Waals surface area contributed by atoms with E-state index in [0.717, 1.165) is 10.9 Å². The number of aromatic nitrogens is 2. The van der Waals surface area contributed by atoms with Gasteiger partial charge < -0.3 is 20.3 Å². The average molecular weight is 215 g/mol. The van der Waals surface area contributed by atoms with E-state index in [9.17, 15) is 5.11 Å². The molecule has 2 aromatic heterocycles. The number of nitrogens with one attached hydrogen (secondary N) is 1. The molecule has 80 valence electrons. The number of phenols is 1. The van der Waals surface area contributed by atoms with Crippen LogP contribution in [0.5, 0.6) is 5.75 Å². The molecule has 0 unspecified atom stereocenters. The minimum Gasteiger partial charge on any atom is -0.506 e. The van der Waals surface area contributed by atoms with Gasteiger partial charge in [0.2, 0.25) is 0 Å². The third kappa shape index (κ3) is 1.15. The monoisotopic (exact) mass is 215 g/mol. The van der Waals surface area contributed by atoms with E-state index in [1.165, 1.54) is 0 Å². The highest BCUT2D eigenvalue weighted by molar-refractivity contribution is 5.97. The lowest BCUT2D eigenvalue weighted by atomic mass is 10.1. The summed E-state index contributed by atoms with van der Waals surface area (Å²) in [5.41, 5.74) is 7.00. The molecule has 5 nitrogen and oxygen atoms in total. The molecule has 0 radical (unpaired) electrons. The zero-order valence-corrected chi connectivity index (χ0v) is 8.27. The van der Waals surface area contributed by atoms with Gasteiger partial charge in [0.1, 0.15) is 5.75 Å². The zero-order chi connectivity index (χ0) is 11.1. The van der Waals surface area contributed by atoms with Crippen LogP contribution in [0.4, 0.5) is 5.82 Å². The van der Waals surface area contributed by atoms with Gasteiger partial charge in [0.05, 0.1) is 5.52 Å². The molecular weight excluding hydrogens is 206 g/mol. The number of hydrogen-bond acceptors (Lipinski definition) is 4. The van der Waals surface area contributed by atoms with Gasteiger partial charge in [-0.25, -0.2) is 0 Å². The first-order valence-corrected chi connectivity index (χ1v) is 4.77. The lowest BCUT2D eigenvalue weighted by Crippen LogP contribution is -1.79. The van der Waals surface area contributed by atoms with Crippen molar-refractivity contribution in [2.24, 2.45) is 0 Å². The second kappa shape index (κ2) is 3.03. The fourth-order valence-corrected chi connectivity index (χ4v) is 1.76. The van der Waals surface area contributed by atoms with E-state index < -0.39 is 0 Å². The van der Waals surface area contributed by atoms with Crippen LogP contribution in [0.1, 0.15) is 0 Å². The molecule has 0 saturated carbocycles. The summed E-state index contributed by atoms with van der Waals surface area (Å²) in [5.74, 6) is 1.12. The second-order valence-electron chi connectivity index (χ2n) is 3.52. The van der Waals surface area contributed by atoms with Gasteiger partial charge in [-0.3, -0.25) is 0 Å². The second-order valence-corrected chi connectivity index (χ2v) is 3.52.